The fourth-order valence-electron chi connectivity index (χ4n) is 2.49. The van der Waals surface area contributed by atoms with Crippen LogP contribution in [0.2, 0.25) is 45.3 Å². The zero-order valence-corrected chi connectivity index (χ0v) is 19.2. The third-order valence-electron chi connectivity index (χ3n) is 4.40. The van der Waals surface area contributed by atoms with Gasteiger partial charge in [-0.25, -0.2) is 0 Å². The molecular formula is C17H38O2Si3. The molecule has 0 aliphatic carbocycles. The summed E-state index contributed by atoms with van der Waals surface area (Å²) in [4.78, 5) is 0. The molecule has 0 radical (unpaired) electrons. The maximum atomic E-state index is 6.67. The van der Waals surface area contributed by atoms with Crippen LogP contribution in [-0.2, 0) is 8.85 Å². The monoisotopic (exact) mass is 358 g/mol. The van der Waals surface area contributed by atoms with Gasteiger partial charge in [-0.1, -0.05) is 58.1 Å². The molecule has 1 unspecified atom stereocenters. The lowest BCUT2D eigenvalue weighted by molar-refractivity contribution is 0.246. The molecule has 5 heteroatoms. The number of hydrogen-bond acceptors (Lipinski definition) is 2. The molecular weight excluding hydrogens is 320 g/mol. The van der Waals surface area contributed by atoms with Gasteiger partial charge < -0.3 is 8.85 Å². The summed E-state index contributed by atoms with van der Waals surface area (Å²) in [5.74, 6) is 0. The second-order valence-electron chi connectivity index (χ2n) is 7.95. The highest BCUT2D eigenvalue weighted by Crippen LogP contribution is 2.29. The van der Waals surface area contributed by atoms with Gasteiger partial charge in [0.2, 0.25) is 0 Å². The van der Waals surface area contributed by atoms with Crippen LogP contribution in [0, 0.1) is 0 Å². The van der Waals surface area contributed by atoms with Gasteiger partial charge >= 0.3 is 0 Å². The molecule has 0 aromatic rings. The topological polar surface area (TPSA) is 18.5 Å². The molecule has 130 valence electrons. The van der Waals surface area contributed by atoms with Crippen LogP contribution in [0.15, 0.2) is 24.2 Å². The molecule has 0 aromatic carbocycles. The molecule has 0 fully saturated rings. The Labute approximate surface area is 142 Å². The minimum Gasteiger partial charge on any atom is -0.545 e. The van der Waals surface area contributed by atoms with Crippen molar-refractivity contribution in [2.75, 3.05) is 0 Å². The van der Waals surface area contributed by atoms with Gasteiger partial charge in [-0.15, -0.1) is 6.58 Å². The summed E-state index contributed by atoms with van der Waals surface area (Å²) in [6.07, 6.45) is 3.67. The lowest BCUT2D eigenvalue weighted by atomic mass is 10.4. The van der Waals surface area contributed by atoms with Crippen molar-refractivity contribution in [1.29, 1.82) is 0 Å². The van der Waals surface area contributed by atoms with Crippen molar-refractivity contribution in [3.8, 4) is 0 Å². The van der Waals surface area contributed by atoms with Crippen LogP contribution in [0.5, 0.6) is 0 Å². The Balaban J connectivity index is 4.98. The zero-order chi connectivity index (χ0) is 17.6. The van der Waals surface area contributed by atoms with Crippen molar-refractivity contribution in [3.05, 3.63) is 24.2 Å². The average molecular weight is 359 g/mol. The highest BCUT2D eigenvalue weighted by Gasteiger charge is 2.39. The Morgan fingerprint density at radius 1 is 1.09 bits per heavy atom. The van der Waals surface area contributed by atoms with E-state index in [0.29, 0.717) is 5.73 Å². The van der Waals surface area contributed by atoms with E-state index >= 15 is 0 Å². The van der Waals surface area contributed by atoms with E-state index in [1.807, 2.05) is 5.70 Å². The minimum absolute atomic E-state index is 0.398. The maximum absolute atomic E-state index is 6.67. The first-order valence-corrected chi connectivity index (χ1v) is 17.8. The van der Waals surface area contributed by atoms with Crippen LogP contribution in [0.3, 0.4) is 0 Å². The molecule has 0 aliphatic heterocycles. The van der Waals surface area contributed by atoms with Crippen molar-refractivity contribution < 1.29 is 8.85 Å². The van der Waals surface area contributed by atoms with Gasteiger partial charge in [0.25, 0.3) is 16.6 Å². The summed E-state index contributed by atoms with van der Waals surface area (Å²) in [6.45, 7) is 26.3. The van der Waals surface area contributed by atoms with Crippen LogP contribution in [0.4, 0.5) is 0 Å². The highest BCUT2D eigenvalue weighted by molar-refractivity contribution is 6.84. The van der Waals surface area contributed by atoms with Gasteiger partial charge in [0, 0.05) is 5.73 Å². The fourth-order valence-corrected chi connectivity index (χ4v) is 10.8. The third kappa shape index (κ3) is 6.98. The van der Waals surface area contributed by atoms with Crippen LogP contribution in [0.25, 0.3) is 0 Å². The summed E-state index contributed by atoms with van der Waals surface area (Å²) < 4.78 is 12.8. The summed E-state index contributed by atoms with van der Waals surface area (Å²) in [6, 6.07) is 1.34. The lowest BCUT2D eigenvalue weighted by Gasteiger charge is -2.39. The first kappa shape index (κ1) is 21.9. The molecule has 0 spiro atoms. The van der Waals surface area contributed by atoms with Crippen molar-refractivity contribution >= 4 is 24.7 Å². The molecule has 0 saturated carbocycles. The van der Waals surface area contributed by atoms with E-state index in [-0.39, 0.29) is 0 Å². The second-order valence-corrected chi connectivity index (χ2v) is 20.7. The normalized spacial score (nSPS) is 14.5. The van der Waals surface area contributed by atoms with E-state index in [9.17, 15) is 0 Å². The molecule has 22 heavy (non-hydrogen) atoms. The van der Waals surface area contributed by atoms with E-state index in [1.165, 1.54) is 18.9 Å². The van der Waals surface area contributed by atoms with Crippen LogP contribution in [0.1, 0.15) is 33.1 Å². The molecule has 0 aliphatic rings. The van der Waals surface area contributed by atoms with Crippen LogP contribution < -0.4 is 0 Å². The van der Waals surface area contributed by atoms with Crippen LogP contribution >= 0.6 is 0 Å². The predicted octanol–water partition coefficient (Wildman–Crippen LogP) is 6.03. The third-order valence-corrected chi connectivity index (χ3v) is 12.8. The summed E-state index contributed by atoms with van der Waals surface area (Å²) in [5, 5.41) is 0.878. The molecule has 1 atom stereocenters. The van der Waals surface area contributed by atoms with E-state index in [1.54, 1.807) is 0 Å². The Bertz CT molecular complexity index is 376. The Morgan fingerprint density at radius 2 is 1.64 bits per heavy atom. The SMILES string of the molecule is C=C[Si](C)(C)OC(=C)[Si](C)(C)OC(CC)[Si](C)(C)CCCC. The molecule has 0 N–H and O–H groups in total. The molecule has 0 rings (SSSR count). The first-order chi connectivity index (χ1) is 9.91. The van der Waals surface area contributed by atoms with E-state index in [0.717, 1.165) is 11.8 Å². The molecule has 0 saturated heterocycles. The predicted molar refractivity (Wildman–Crippen MR) is 108 cm³/mol. The fraction of sp³-hybridized carbons (Fsp3) is 0.765. The van der Waals surface area contributed by atoms with Crippen LogP contribution in [-0.4, -0.2) is 30.4 Å². The zero-order valence-electron chi connectivity index (χ0n) is 16.2. The summed E-state index contributed by atoms with van der Waals surface area (Å²) in [7, 11) is -5.28. The van der Waals surface area contributed by atoms with Crippen molar-refractivity contribution in [1.82, 2.24) is 0 Å². The molecule has 2 nitrogen and oxygen atoms in total. The average Bonchev–Trinajstić information content (AvgIpc) is 2.42. The lowest BCUT2D eigenvalue weighted by Crippen LogP contribution is -2.51. The number of rotatable bonds is 11. The van der Waals surface area contributed by atoms with E-state index < -0.39 is 24.7 Å². The highest BCUT2D eigenvalue weighted by atomic mass is 28.4. The first-order valence-electron chi connectivity index (χ1n) is 8.61. The van der Waals surface area contributed by atoms with Crippen molar-refractivity contribution in [3.63, 3.8) is 0 Å². The second kappa shape index (κ2) is 8.66. The van der Waals surface area contributed by atoms with Gasteiger partial charge in [-0.2, -0.15) is 0 Å². The number of unbranched alkanes of at least 4 members (excludes halogenated alkanes) is 1. The molecule has 0 bridgehead atoms. The Kier molecular flexibility index (Phi) is 8.62. The largest absolute Gasteiger partial charge is 0.545 e. The molecule has 0 aromatic heterocycles. The number of hydrogen-bond donors (Lipinski definition) is 0. The van der Waals surface area contributed by atoms with Crippen molar-refractivity contribution in [2.24, 2.45) is 0 Å². The quantitative estimate of drug-likeness (QED) is 0.331. The standard InChI is InChI=1S/C17H38O2Si3/c1-11-14-15-20(5,6)17(12-2)19-22(9,10)16(4)18-21(7,8)13-3/h13,17H,3-4,11-12,14-15H2,1-2,5-10H3. The van der Waals surface area contributed by atoms with E-state index in [2.05, 4.69) is 66.3 Å². The summed E-state index contributed by atoms with van der Waals surface area (Å²) >= 11 is 0. The van der Waals surface area contributed by atoms with Crippen molar-refractivity contribution in [2.45, 2.75) is 84.2 Å². The van der Waals surface area contributed by atoms with Gasteiger partial charge in [0.05, 0.1) is 13.5 Å². The van der Waals surface area contributed by atoms with Gasteiger partial charge in [-0.05, 0) is 32.6 Å². The molecule has 0 heterocycles. The molecule has 0 amide bonds. The van der Waals surface area contributed by atoms with E-state index in [4.69, 9.17) is 8.85 Å². The van der Waals surface area contributed by atoms with Gasteiger partial charge in [-0.3, -0.25) is 0 Å². The Hall–Kier alpha value is -0.109. The summed E-state index contributed by atoms with van der Waals surface area (Å²) in [5.41, 5.74) is 2.36. The van der Waals surface area contributed by atoms with Gasteiger partial charge in [0.15, 0.2) is 0 Å². The minimum atomic E-state index is -2.06. The maximum Gasteiger partial charge on any atom is 0.268 e. The Morgan fingerprint density at radius 3 is 2.05 bits per heavy atom. The van der Waals surface area contributed by atoms with Gasteiger partial charge in [0.1, 0.15) is 0 Å². The smallest absolute Gasteiger partial charge is 0.268 e.